The van der Waals surface area contributed by atoms with Gasteiger partial charge in [-0.05, 0) is 44.4 Å². The van der Waals surface area contributed by atoms with Gasteiger partial charge in [0.05, 0.1) is 11.4 Å². The Morgan fingerprint density at radius 1 is 1.27 bits per heavy atom. The summed E-state index contributed by atoms with van der Waals surface area (Å²) in [5.41, 5.74) is 9.20. The van der Waals surface area contributed by atoms with Crippen LogP contribution in [0, 0.1) is 6.92 Å². The molecule has 0 aliphatic carbocycles. The van der Waals surface area contributed by atoms with Crippen molar-refractivity contribution < 1.29 is 0 Å². The van der Waals surface area contributed by atoms with Gasteiger partial charge >= 0.3 is 0 Å². The molecule has 0 atom stereocenters. The van der Waals surface area contributed by atoms with Crippen LogP contribution in [0.15, 0.2) is 18.2 Å². The molecule has 0 amide bonds. The molecule has 1 rings (SSSR count). The summed E-state index contributed by atoms with van der Waals surface area (Å²) in [6, 6.07) is 6.16. The fourth-order valence-electron chi connectivity index (χ4n) is 1.55. The molecule has 0 aliphatic heterocycles. The molecule has 84 valence electrons. The lowest BCUT2D eigenvalue weighted by Crippen LogP contribution is -2.33. The highest BCUT2D eigenvalue weighted by Gasteiger charge is 2.19. The molecule has 15 heavy (non-hydrogen) atoms. The molecule has 0 heterocycles. The first-order valence-electron chi connectivity index (χ1n) is 5.65. The zero-order valence-electron chi connectivity index (χ0n) is 10.2. The fraction of sp³-hybridized carbons (Fsp3) is 0.538. The van der Waals surface area contributed by atoms with Gasteiger partial charge in [-0.25, -0.2) is 0 Å². The molecule has 0 aliphatic rings. The van der Waals surface area contributed by atoms with Crippen LogP contribution < -0.4 is 11.1 Å². The van der Waals surface area contributed by atoms with Crippen LogP contribution in [-0.4, -0.2) is 5.54 Å². The molecule has 3 N–H and O–H groups in total. The molecule has 0 fully saturated rings. The number of rotatable bonds is 4. The van der Waals surface area contributed by atoms with Gasteiger partial charge in [0.15, 0.2) is 0 Å². The predicted octanol–water partition coefficient (Wildman–Crippen LogP) is 3.57. The van der Waals surface area contributed by atoms with Crippen LogP contribution in [0.25, 0.3) is 0 Å². The van der Waals surface area contributed by atoms with Crippen LogP contribution >= 0.6 is 0 Å². The molecule has 2 heteroatoms. The minimum atomic E-state index is 0.142. The van der Waals surface area contributed by atoms with Crippen molar-refractivity contribution in [3.8, 4) is 0 Å². The maximum atomic E-state index is 5.98. The number of aryl methyl sites for hydroxylation is 1. The molecule has 0 radical (unpaired) electrons. The number of nitrogens with two attached hydrogens (primary N) is 1. The Morgan fingerprint density at radius 2 is 1.87 bits per heavy atom. The SMILES string of the molecule is CCC(C)(CC)Nc1ccc(C)cc1N. The third-order valence-corrected chi connectivity index (χ3v) is 3.20. The van der Waals surface area contributed by atoms with E-state index in [1.54, 1.807) is 0 Å². The minimum Gasteiger partial charge on any atom is -0.397 e. The highest BCUT2D eigenvalue weighted by atomic mass is 15.0. The second kappa shape index (κ2) is 4.56. The predicted molar refractivity (Wildman–Crippen MR) is 68.2 cm³/mol. The average Bonchev–Trinajstić information content (AvgIpc) is 2.22. The molecule has 2 nitrogen and oxygen atoms in total. The Kier molecular flexibility index (Phi) is 3.61. The van der Waals surface area contributed by atoms with E-state index in [1.165, 1.54) is 5.56 Å². The summed E-state index contributed by atoms with van der Waals surface area (Å²) >= 11 is 0. The second-order valence-electron chi connectivity index (χ2n) is 4.48. The summed E-state index contributed by atoms with van der Waals surface area (Å²) in [7, 11) is 0. The van der Waals surface area contributed by atoms with Gasteiger partial charge in [0.2, 0.25) is 0 Å². The Bertz CT molecular complexity index is 327. The first-order chi connectivity index (χ1) is 7.00. The van der Waals surface area contributed by atoms with Crippen LogP contribution in [0.5, 0.6) is 0 Å². The van der Waals surface area contributed by atoms with Gasteiger partial charge in [-0.1, -0.05) is 19.9 Å². The van der Waals surface area contributed by atoms with Crippen molar-refractivity contribution >= 4 is 11.4 Å². The molecule has 0 bridgehead atoms. The molecule has 0 unspecified atom stereocenters. The summed E-state index contributed by atoms with van der Waals surface area (Å²) in [5.74, 6) is 0. The van der Waals surface area contributed by atoms with Crippen molar-refractivity contribution in [2.75, 3.05) is 11.1 Å². The normalized spacial score (nSPS) is 11.5. The Labute approximate surface area is 92.9 Å². The van der Waals surface area contributed by atoms with E-state index in [9.17, 15) is 0 Å². The van der Waals surface area contributed by atoms with Crippen molar-refractivity contribution in [1.29, 1.82) is 0 Å². The Morgan fingerprint density at radius 3 is 2.33 bits per heavy atom. The van der Waals surface area contributed by atoms with Crippen molar-refractivity contribution in [3.05, 3.63) is 23.8 Å². The Hall–Kier alpha value is -1.18. The van der Waals surface area contributed by atoms with Crippen LogP contribution in [0.1, 0.15) is 39.2 Å². The Balaban J connectivity index is 2.89. The fourth-order valence-corrected chi connectivity index (χ4v) is 1.55. The van der Waals surface area contributed by atoms with Gasteiger partial charge in [0, 0.05) is 5.54 Å². The molecular weight excluding hydrogens is 184 g/mol. The molecule has 1 aromatic rings. The van der Waals surface area contributed by atoms with E-state index in [0.717, 1.165) is 24.2 Å². The largest absolute Gasteiger partial charge is 0.397 e. The van der Waals surface area contributed by atoms with E-state index >= 15 is 0 Å². The molecule has 0 saturated heterocycles. The smallest absolute Gasteiger partial charge is 0.0578 e. The van der Waals surface area contributed by atoms with Crippen molar-refractivity contribution in [1.82, 2.24) is 0 Å². The van der Waals surface area contributed by atoms with Gasteiger partial charge in [-0.15, -0.1) is 0 Å². The zero-order valence-corrected chi connectivity index (χ0v) is 10.2. The molecule has 0 saturated carbocycles. The molecule has 1 aromatic carbocycles. The highest BCUT2D eigenvalue weighted by Crippen LogP contribution is 2.26. The van der Waals surface area contributed by atoms with Gasteiger partial charge in [-0.3, -0.25) is 0 Å². The second-order valence-corrected chi connectivity index (χ2v) is 4.48. The maximum Gasteiger partial charge on any atom is 0.0578 e. The summed E-state index contributed by atoms with van der Waals surface area (Å²) in [5, 5.41) is 3.53. The highest BCUT2D eigenvalue weighted by molar-refractivity contribution is 5.67. The number of hydrogen-bond donors (Lipinski definition) is 2. The van der Waals surface area contributed by atoms with Crippen LogP contribution in [0.4, 0.5) is 11.4 Å². The van der Waals surface area contributed by atoms with E-state index in [0.29, 0.717) is 0 Å². The van der Waals surface area contributed by atoms with Crippen LogP contribution in [-0.2, 0) is 0 Å². The summed E-state index contributed by atoms with van der Waals surface area (Å²) in [4.78, 5) is 0. The van der Waals surface area contributed by atoms with Gasteiger partial charge < -0.3 is 11.1 Å². The first-order valence-corrected chi connectivity index (χ1v) is 5.65. The number of nitrogen functional groups attached to an aromatic ring is 1. The van der Waals surface area contributed by atoms with Gasteiger partial charge in [-0.2, -0.15) is 0 Å². The number of anilines is 2. The van der Waals surface area contributed by atoms with Gasteiger partial charge in [0.25, 0.3) is 0 Å². The zero-order chi connectivity index (χ0) is 11.5. The van der Waals surface area contributed by atoms with Crippen molar-refractivity contribution in [2.24, 2.45) is 0 Å². The van der Waals surface area contributed by atoms with Crippen molar-refractivity contribution in [3.63, 3.8) is 0 Å². The third-order valence-electron chi connectivity index (χ3n) is 3.20. The first kappa shape index (κ1) is 11.9. The van der Waals surface area contributed by atoms with Gasteiger partial charge in [0.1, 0.15) is 0 Å². The summed E-state index contributed by atoms with van der Waals surface area (Å²) < 4.78 is 0. The lowest BCUT2D eigenvalue weighted by molar-refractivity contribution is 0.479. The molecule has 0 spiro atoms. The minimum absolute atomic E-state index is 0.142. The molecule has 0 aromatic heterocycles. The van der Waals surface area contributed by atoms with E-state index in [2.05, 4.69) is 45.1 Å². The number of nitrogens with one attached hydrogen (secondary N) is 1. The summed E-state index contributed by atoms with van der Waals surface area (Å²) in [6.45, 7) is 8.67. The standard InChI is InChI=1S/C13H22N2/c1-5-13(4,6-2)15-12-8-7-10(3)9-11(12)14/h7-9,15H,5-6,14H2,1-4H3. The van der Waals surface area contributed by atoms with E-state index in [-0.39, 0.29) is 5.54 Å². The van der Waals surface area contributed by atoms with E-state index < -0.39 is 0 Å². The van der Waals surface area contributed by atoms with Crippen LogP contribution in [0.3, 0.4) is 0 Å². The lowest BCUT2D eigenvalue weighted by Gasteiger charge is -2.30. The lowest BCUT2D eigenvalue weighted by atomic mass is 9.95. The average molecular weight is 206 g/mol. The third kappa shape index (κ3) is 2.88. The summed E-state index contributed by atoms with van der Waals surface area (Å²) in [6.07, 6.45) is 2.19. The van der Waals surface area contributed by atoms with Crippen LogP contribution in [0.2, 0.25) is 0 Å². The van der Waals surface area contributed by atoms with E-state index in [4.69, 9.17) is 5.73 Å². The quantitative estimate of drug-likeness (QED) is 0.739. The van der Waals surface area contributed by atoms with Crippen molar-refractivity contribution in [2.45, 2.75) is 46.1 Å². The molecular formula is C13H22N2. The number of benzene rings is 1. The maximum absolute atomic E-state index is 5.98. The van der Waals surface area contributed by atoms with E-state index in [1.807, 2.05) is 6.07 Å². The number of hydrogen-bond acceptors (Lipinski definition) is 2. The monoisotopic (exact) mass is 206 g/mol. The topological polar surface area (TPSA) is 38.0 Å².